The van der Waals surface area contributed by atoms with Crippen LogP contribution in [0.15, 0.2) is 29.3 Å². The van der Waals surface area contributed by atoms with Gasteiger partial charge in [0.05, 0.1) is 6.54 Å². The van der Waals surface area contributed by atoms with Crippen LogP contribution in [0.1, 0.15) is 45.1 Å². The number of rotatable bonds is 7. The first-order valence-electron chi connectivity index (χ1n) is 9.97. The van der Waals surface area contributed by atoms with Gasteiger partial charge >= 0.3 is 0 Å². The first-order chi connectivity index (χ1) is 13.0. The molecule has 1 heterocycles. The molecule has 0 aromatic heterocycles. The van der Waals surface area contributed by atoms with Crippen LogP contribution in [0.5, 0.6) is 5.75 Å². The number of benzene rings is 1. The third-order valence-electron chi connectivity index (χ3n) is 4.86. The lowest BCUT2D eigenvalue weighted by molar-refractivity contribution is -0.134. The minimum absolute atomic E-state index is 0.00109. The van der Waals surface area contributed by atoms with E-state index in [9.17, 15) is 4.79 Å². The van der Waals surface area contributed by atoms with Gasteiger partial charge in [-0.1, -0.05) is 12.1 Å². The summed E-state index contributed by atoms with van der Waals surface area (Å²) in [5.74, 6) is 1.78. The normalized spacial score (nSPS) is 18.7. The molecule has 1 amide bonds. The minimum atomic E-state index is 0.00109. The Morgan fingerprint density at radius 3 is 2.89 bits per heavy atom. The molecule has 1 aliphatic rings. The van der Waals surface area contributed by atoms with Crippen LogP contribution in [-0.2, 0) is 4.79 Å². The van der Waals surface area contributed by atoms with Gasteiger partial charge in [-0.2, -0.15) is 0 Å². The standard InChI is InChI=1S/C21H34N4O2/c1-16-8-7-10-19(14-16)27-18(3)15-24-21(22-4)23-12-11-20(26)25-13-6-5-9-17(25)2/h7-8,10,14,17-18H,5-6,9,11-13,15H2,1-4H3,(H2,22,23,24). The van der Waals surface area contributed by atoms with Gasteiger partial charge in [0, 0.05) is 32.6 Å². The van der Waals surface area contributed by atoms with Gasteiger partial charge in [0.2, 0.25) is 5.91 Å². The molecule has 2 N–H and O–H groups in total. The number of guanidine groups is 1. The van der Waals surface area contributed by atoms with Gasteiger partial charge < -0.3 is 20.3 Å². The predicted molar refractivity (Wildman–Crippen MR) is 110 cm³/mol. The van der Waals surface area contributed by atoms with Crippen molar-refractivity contribution in [2.45, 2.75) is 58.6 Å². The van der Waals surface area contributed by atoms with E-state index in [0.717, 1.165) is 25.1 Å². The fourth-order valence-electron chi connectivity index (χ4n) is 3.32. The second-order valence-corrected chi connectivity index (χ2v) is 7.31. The summed E-state index contributed by atoms with van der Waals surface area (Å²) in [7, 11) is 1.73. The van der Waals surface area contributed by atoms with Gasteiger partial charge in [0.25, 0.3) is 0 Å². The molecule has 1 fully saturated rings. The van der Waals surface area contributed by atoms with E-state index >= 15 is 0 Å². The highest BCUT2D eigenvalue weighted by Gasteiger charge is 2.22. The molecule has 27 heavy (non-hydrogen) atoms. The van der Waals surface area contributed by atoms with Crippen molar-refractivity contribution in [3.05, 3.63) is 29.8 Å². The van der Waals surface area contributed by atoms with Crippen LogP contribution in [0.3, 0.4) is 0 Å². The summed E-state index contributed by atoms with van der Waals surface area (Å²) in [6, 6.07) is 8.39. The maximum absolute atomic E-state index is 12.4. The molecule has 2 rings (SSSR count). The number of piperidine rings is 1. The molecule has 1 aromatic carbocycles. The lowest BCUT2D eigenvalue weighted by atomic mass is 10.0. The quantitative estimate of drug-likeness (QED) is 0.569. The zero-order valence-electron chi connectivity index (χ0n) is 17.1. The Bertz CT molecular complexity index is 632. The maximum Gasteiger partial charge on any atom is 0.224 e. The van der Waals surface area contributed by atoms with Gasteiger partial charge in [0.1, 0.15) is 11.9 Å². The average Bonchev–Trinajstić information content (AvgIpc) is 2.64. The van der Waals surface area contributed by atoms with Crippen LogP contribution in [-0.4, -0.2) is 55.6 Å². The molecule has 2 atom stereocenters. The molecule has 1 aromatic rings. The molecule has 0 aliphatic carbocycles. The topological polar surface area (TPSA) is 66.0 Å². The molecule has 1 saturated heterocycles. The lowest BCUT2D eigenvalue weighted by Gasteiger charge is -2.33. The van der Waals surface area contributed by atoms with Crippen LogP contribution in [0, 0.1) is 6.92 Å². The Hall–Kier alpha value is -2.24. The van der Waals surface area contributed by atoms with Crippen molar-refractivity contribution in [1.82, 2.24) is 15.5 Å². The number of amides is 1. The highest BCUT2D eigenvalue weighted by Crippen LogP contribution is 2.17. The average molecular weight is 375 g/mol. The van der Waals surface area contributed by atoms with Crippen LogP contribution < -0.4 is 15.4 Å². The van der Waals surface area contributed by atoms with Crippen molar-refractivity contribution < 1.29 is 9.53 Å². The van der Waals surface area contributed by atoms with Gasteiger partial charge in [0.15, 0.2) is 5.96 Å². The summed E-state index contributed by atoms with van der Waals surface area (Å²) < 4.78 is 5.92. The van der Waals surface area contributed by atoms with Crippen LogP contribution >= 0.6 is 0 Å². The number of hydrogen-bond donors (Lipinski definition) is 2. The summed E-state index contributed by atoms with van der Waals surface area (Å²) in [4.78, 5) is 18.6. The molecule has 150 valence electrons. The molecule has 6 heteroatoms. The van der Waals surface area contributed by atoms with E-state index < -0.39 is 0 Å². The number of likely N-dealkylation sites (tertiary alicyclic amines) is 1. The Balaban J connectivity index is 1.68. The van der Waals surface area contributed by atoms with Gasteiger partial charge in [-0.3, -0.25) is 9.79 Å². The van der Waals surface area contributed by atoms with E-state index in [2.05, 4.69) is 22.5 Å². The first kappa shape index (κ1) is 21.1. The number of carbonyl (C=O) groups excluding carboxylic acids is 1. The van der Waals surface area contributed by atoms with E-state index in [1.165, 1.54) is 12.0 Å². The molecular formula is C21H34N4O2. The van der Waals surface area contributed by atoms with Crippen molar-refractivity contribution in [3.63, 3.8) is 0 Å². The van der Waals surface area contributed by atoms with Crippen molar-refractivity contribution in [1.29, 1.82) is 0 Å². The summed E-state index contributed by atoms with van der Waals surface area (Å²) in [6.45, 7) is 8.30. The molecule has 0 saturated carbocycles. The lowest BCUT2D eigenvalue weighted by Crippen LogP contribution is -2.45. The second-order valence-electron chi connectivity index (χ2n) is 7.31. The van der Waals surface area contributed by atoms with Crippen molar-refractivity contribution in [2.75, 3.05) is 26.7 Å². The molecular weight excluding hydrogens is 340 g/mol. The van der Waals surface area contributed by atoms with Gasteiger partial charge in [-0.15, -0.1) is 0 Å². The molecule has 0 bridgehead atoms. The molecule has 0 radical (unpaired) electrons. The monoisotopic (exact) mass is 374 g/mol. The number of aryl methyl sites for hydroxylation is 1. The second kappa shape index (κ2) is 10.8. The summed E-state index contributed by atoms with van der Waals surface area (Å²) in [5.41, 5.74) is 1.18. The summed E-state index contributed by atoms with van der Waals surface area (Å²) in [6.07, 6.45) is 3.94. The zero-order valence-corrected chi connectivity index (χ0v) is 17.1. The van der Waals surface area contributed by atoms with Gasteiger partial charge in [-0.05, 0) is 57.7 Å². The van der Waals surface area contributed by atoms with Crippen molar-refractivity contribution in [2.24, 2.45) is 4.99 Å². The highest BCUT2D eigenvalue weighted by atomic mass is 16.5. The third-order valence-corrected chi connectivity index (χ3v) is 4.86. The molecule has 0 spiro atoms. The number of carbonyl (C=O) groups is 1. The molecule has 1 aliphatic heterocycles. The Labute approximate surface area is 163 Å². The number of ether oxygens (including phenoxy) is 1. The van der Waals surface area contributed by atoms with Crippen LogP contribution in [0.2, 0.25) is 0 Å². The smallest absolute Gasteiger partial charge is 0.224 e. The predicted octanol–water partition coefficient (Wildman–Crippen LogP) is 2.72. The van der Waals surface area contributed by atoms with E-state index in [1.807, 2.05) is 43.0 Å². The molecule has 6 nitrogen and oxygen atoms in total. The van der Waals surface area contributed by atoms with Crippen molar-refractivity contribution in [3.8, 4) is 5.75 Å². The third kappa shape index (κ3) is 7.12. The van der Waals surface area contributed by atoms with Crippen LogP contribution in [0.4, 0.5) is 0 Å². The Morgan fingerprint density at radius 1 is 1.37 bits per heavy atom. The fourth-order valence-corrected chi connectivity index (χ4v) is 3.32. The number of hydrogen-bond acceptors (Lipinski definition) is 3. The summed E-state index contributed by atoms with van der Waals surface area (Å²) >= 11 is 0. The van der Waals surface area contributed by atoms with E-state index in [1.54, 1.807) is 7.05 Å². The summed E-state index contributed by atoms with van der Waals surface area (Å²) in [5, 5.41) is 6.47. The largest absolute Gasteiger partial charge is 0.489 e. The van der Waals surface area contributed by atoms with E-state index in [-0.39, 0.29) is 12.0 Å². The Morgan fingerprint density at radius 2 is 2.19 bits per heavy atom. The van der Waals surface area contributed by atoms with E-state index in [4.69, 9.17) is 4.74 Å². The van der Waals surface area contributed by atoms with Crippen LogP contribution in [0.25, 0.3) is 0 Å². The minimum Gasteiger partial charge on any atom is -0.489 e. The molecule has 2 unspecified atom stereocenters. The Kier molecular flexibility index (Phi) is 8.43. The number of aliphatic imine (C=N–C) groups is 1. The zero-order chi connectivity index (χ0) is 19.6. The number of nitrogens with zero attached hydrogens (tertiary/aromatic N) is 2. The number of nitrogens with one attached hydrogen (secondary N) is 2. The fraction of sp³-hybridized carbons (Fsp3) is 0.619. The van der Waals surface area contributed by atoms with Gasteiger partial charge in [-0.25, -0.2) is 0 Å². The SMILES string of the molecule is CN=C(NCCC(=O)N1CCCCC1C)NCC(C)Oc1cccc(C)c1. The van der Waals surface area contributed by atoms with Crippen molar-refractivity contribution >= 4 is 11.9 Å². The van der Waals surface area contributed by atoms with E-state index in [0.29, 0.717) is 31.5 Å². The highest BCUT2D eigenvalue weighted by molar-refractivity contribution is 5.81. The maximum atomic E-state index is 12.4. The first-order valence-corrected chi connectivity index (χ1v) is 9.97.